The molecule has 1 aromatic rings. The molecule has 0 aliphatic heterocycles. The molecule has 0 aromatic heterocycles. The van der Waals surface area contributed by atoms with Crippen LogP contribution < -0.4 is 5.32 Å². The zero-order valence-corrected chi connectivity index (χ0v) is 11.0. The Kier molecular flexibility index (Phi) is 2.69. The van der Waals surface area contributed by atoms with Gasteiger partial charge in [-0.25, -0.2) is 0 Å². The summed E-state index contributed by atoms with van der Waals surface area (Å²) >= 11 is 0. The van der Waals surface area contributed by atoms with Crippen LogP contribution in [0.5, 0.6) is 0 Å². The highest BCUT2D eigenvalue weighted by molar-refractivity contribution is 5.15. The molecule has 4 aliphatic rings. The summed E-state index contributed by atoms with van der Waals surface area (Å²) in [6, 6.07) is 11.7. The third-order valence-corrected chi connectivity index (χ3v) is 5.61. The minimum absolute atomic E-state index is 0.818. The highest BCUT2D eigenvalue weighted by atomic mass is 14.9. The van der Waals surface area contributed by atoms with Gasteiger partial charge in [0.2, 0.25) is 0 Å². The van der Waals surface area contributed by atoms with E-state index in [2.05, 4.69) is 35.6 Å². The highest BCUT2D eigenvalue weighted by Crippen LogP contribution is 2.53. The van der Waals surface area contributed by atoms with Crippen molar-refractivity contribution in [2.45, 2.75) is 44.7 Å². The molecule has 0 spiro atoms. The minimum Gasteiger partial charge on any atom is -0.309 e. The van der Waals surface area contributed by atoms with Gasteiger partial charge in [-0.1, -0.05) is 30.3 Å². The van der Waals surface area contributed by atoms with Gasteiger partial charge < -0.3 is 5.32 Å². The maximum atomic E-state index is 3.88. The van der Waals surface area contributed by atoms with E-state index in [1.54, 1.807) is 6.42 Å². The van der Waals surface area contributed by atoms with E-state index >= 15 is 0 Å². The third-order valence-electron chi connectivity index (χ3n) is 5.61. The van der Waals surface area contributed by atoms with Crippen LogP contribution in [0.3, 0.4) is 0 Å². The summed E-state index contributed by atoms with van der Waals surface area (Å²) in [5, 5.41) is 3.88. The lowest BCUT2D eigenvalue weighted by Gasteiger charge is -2.54. The third kappa shape index (κ3) is 1.89. The molecular weight excluding hydrogens is 218 g/mol. The second-order valence-electron chi connectivity index (χ2n) is 6.82. The molecule has 4 aliphatic carbocycles. The maximum absolute atomic E-state index is 3.88. The van der Waals surface area contributed by atoms with E-state index in [0.29, 0.717) is 0 Å². The van der Waals surface area contributed by atoms with Crippen LogP contribution in [0.1, 0.15) is 37.7 Å². The minimum atomic E-state index is 0.818. The topological polar surface area (TPSA) is 12.0 Å². The molecule has 1 aromatic carbocycles. The fourth-order valence-corrected chi connectivity index (χ4v) is 5.09. The van der Waals surface area contributed by atoms with Crippen LogP contribution in [0.25, 0.3) is 0 Å². The summed E-state index contributed by atoms with van der Waals surface area (Å²) in [5.41, 5.74) is 1.44. The van der Waals surface area contributed by atoms with Gasteiger partial charge in [-0.3, -0.25) is 0 Å². The first-order valence-electron chi connectivity index (χ1n) is 7.66. The van der Waals surface area contributed by atoms with E-state index < -0.39 is 0 Å². The number of benzene rings is 1. The van der Waals surface area contributed by atoms with E-state index in [1.165, 1.54) is 31.2 Å². The number of hydrogen-bond acceptors (Lipinski definition) is 1. The van der Waals surface area contributed by atoms with Crippen molar-refractivity contribution in [3.05, 3.63) is 35.9 Å². The highest BCUT2D eigenvalue weighted by Gasteiger charge is 2.47. The van der Waals surface area contributed by atoms with Gasteiger partial charge in [-0.05, 0) is 61.3 Å². The molecule has 5 rings (SSSR count). The van der Waals surface area contributed by atoms with Gasteiger partial charge in [0, 0.05) is 12.6 Å². The number of rotatable bonds is 3. The molecule has 0 unspecified atom stereocenters. The van der Waals surface area contributed by atoms with Crippen LogP contribution in [0.15, 0.2) is 30.3 Å². The predicted molar refractivity (Wildman–Crippen MR) is 74.1 cm³/mol. The van der Waals surface area contributed by atoms with Gasteiger partial charge in [0.15, 0.2) is 0 Å². The molecular formula is C17H23N. The average molecular weight is 241 g/mol. The van der Waals surface area contributed by atoms with Crippen LogP contribution in [0, 0.1) is 23.7 Å². The summed E-state index contributed by atoms with van der Waals surface area (Å²) < 4.78 is 0. The number of hydrogen-bond donors (Lipinski definition) is 1. The van der Waals surface area contributed by atoms with Crippen LogP contribution in [-0.4, -0.2) is 6.04 Å². The molecule has 1 heteroatoms. The molecule has 0 amide bonds. The van der Waals surface area contributed by atoms with Crippen molar-refractivity contribution in [2.75, 3.05) is 0 Å². The normalized spacial score (nSPS) is 41.2. The summed E-state index contributed by atoms with van der Waals surface area (Å²) in [6.07, 6.45) is 7.61. The van der Waals surface area contributed by atoms with Crippen molar-refractivity contribution >= 4 is 0 Å². The largest absolute Gasteiger partial charge is 0.309 e. The van der Waals surface area contributed by atoms with Crippen LogP contribution in [0.4, 0.5) is 0 Å². The van der Waals surface area contributed by atoms with Gasteiger partial charge in [0.1, 0.15) is 0 Å². The molecule has 18 heavy (non-hydrogen) atoms. The molecule has 0 radical (unpaired) electrons. The Morgan fingerprint density at radius 1 is 0.833 bits per heavy atom. The lowest BCUT2D eigenvalue weighted by Crippen LogP contribution is -2.54. The second-order valence-corrected chi connectivity index (χ2v) is 6.82. The summed E-state index contributed by atoms with van der Waals surface area (Å²) in [5.74, 6) is 4.15. The SMILES string of the molecule is c1ccc(CNC2C3CC4CC(C3)CC2C4)cc1. The van der Waals surface area contributed by atoms with Crippen LogP contribution >= 0.6 is 0 Å². The molecule has 0 heterocycles. The first-order chi connectivity index (χ1) is 8.88. The van der Waals surface area contributed by atoms with E-state index in [-0.39, 0.29) is 0 Å². The van der Waals surface area contributed by atoms with Gasteiger partial charge >= 0.3 is 0 Å². The van der Waals surface area contributed by atoms with Crippen molar-refractivity contribution in [2.24, 2.45) is 23.7 Å². The fraction of sp³-hybridized carbons (Fsp3) is 0.647. The smallest absolute Gasteiger partial charge is 0.0208 e. The molecule has 4 bridgehead atoms. The monoisotopic (exact) mass is 241 g/mol. The first kappa shape index (κ1) is 11.0. The summed E-state index contributed by atoms with van der Waals surface area (Å²) in [6.45, 7) is 1.06. The first-order valence-corrected chi connectivity index (χ1v) is 7.66. The van der Waals surface area contributed by atoms with Gasteiger partial charge in [-0.15, -0.1) is 0 Å². The molecule has 96 valence electrons. The summed E-state index contributed by atoms with van der Waals surface area (Å²) in [7, 11) is 0. The maximum Gasteiger partial charge on any atom is 0.0208 e. The molecule has 4 saturated carbocycles. The predicted octanol–water partition coefficient (Wildman–Crippen LogP) is 3.60. The Hall–Kier alpha value is -0.820. The molecule has 0 atom stereocenters. The van der Waals surface area contributed by atoms with E-state index in [1.807, 2.05) is 0 Å². The number of nitrogens with one attached hydrogen (secondary N) is 1. The Bertz CT molecular complexity index is 383. The zero-order valence-electron chi connectivity index (χ0n) is 11.0. The van der Waals surface area contributed by atoms with Gasteiger partial charge in [-0.2, -0.15) is 0 Å². The van der Waals surface area contributed by atoms with Gasteiger partial charge in [0.25, 0.3) is 0 Å². The van der Waals surface area contributed by atoms with Crippen molar-refractivity contribution < 1.29 is 0 Å². The Morgan fingerprint density at radius 2 is 1.44 bits per heavy atom. The molecule has 1 nitrogen and oxygen atoms in total. The Balaban J connectivity index is 1.43. The lowest BCUT2D eigenvalue weighted by molar-refractivity contribution is -0.0142. The van der Waals surface area contributed by atoms with E-state index in [0.717, 1.165) is 36.3 Å². The van der Waals surface area contributed by atoms with Crippen LogP contribution in [-0.2, 0) is 6.54 Å². The van der Waals surface area contributed by atoms with Crippen molar-refractivity contribution in [1.29, 1.82) is 0 Å². The molecule has 4 fully saturated rings. The van der Waals surface area contributed by atoms with Crippen LogP contribution in [0.2, 0.25) is 0 Å². The van der Waals surface area contributed by atoms with Gasteiger partial charge in [0.05, 0.1) is 0 Å². The standard InChI is InChI=1S/C17H23N/c1-2-4-12(5-3-1)11-18-17-15-7-13-6-14(9-15)10-16(17)8-13/h1-5,13-18H,6-11H2. The average Bonchev–Trinajstić information content (AvgIpc) is 2.38. The second kappa shape index (κ2) is 4.38. The van der Waals surface area contributed by atoms with E-state index in [9.17, 15) is 0 Å². The van der Waals surface area contributed by atoms with Crippen molar-refractivity contribution in [3.8, 4) is 0 Å². The zero-order chi connectivity index (χ0) is 11.9. The van der Waals surface area contributed by atoms with Crippen molar-refractivity contribution in [1.82, 2.24) is 5.32 Å². The van der Waals surface area contributed by atoms with E-state index in [4.69, 9.17) is 0 Å². The quantitative estimate of drug-likeness (QED) is 0.852. The Morgan fingerprint density at radius 3 is 2.06 bits per heavy atom. The Labute approximate surface area is 110 Å². The summed E-state index contributed by atoms with van der Waals surface area (Å²) in [4.78, 5) is 0. The molecule has 0 saturated heterocycles. The van der Waals surface area contributed by atoms with Crippen molar-refractivity contribution in [3.63, 3.8) is 0 Å². The lowest BCUT2D eigenvalue weighted by atomic mass is 9.54. The fourth-order valence-electron chi connectivity index (χ4n) is 5.09. The molecule has 1 N–H and O–H groups in total.